The van der Waals surface area contributed by atoms with Crippen molar-refractivity contribution in [3.05, 3.63) is 39.0 Å². The molecule has 14 heteroatoms. The first kappa shape index (κ1) is 26.2. The molecule has 0 N–H and O–H groups in total. The van der Waals surface area contributed by atoms with Gasteiger partial charge in [0.1, 0.15) is 48.3 Å². The Balaban J connectivity index is 2.51. The van der Waals surface area contributed by atoms with Crippen LogP contribution in [0.25, 0.3) is 10.4 Å². The lowest BCUT2D eigenvalue weighted by atomic mass is 9.97. The van der Waals surface area contributed by atoms with Gasteiger partial charge in [0.25, 0.3) is 0 Å². The lowest BCUT2D eigenvalue weighted by molar-refractivity contribution is -0.201. The number of ether oxygens (including phenoxy) is 4. The van der Waals surface area contributed by atoms with E-state index in [2.05, 4.69) is 10.0 Å². The Bertz CT molecular complexity index is 1030. The van der Waals surface area contributed by atoms with Crippen LogP contribution >= 0.6 is 23.4 Å². The first-order valence-electron chi connectivity index (χ1n) is 9.30. The molecule has 1 fully saturated rings. The van der Waals surface area contributed by atoms with E-state index in [0.29, 0.717) is 0 Å². The van der Waals surface area contributed by atoms with Crippen LogP contribution in [0.3, 0.4) is 0 Å². The summed E-state index contributed by atoms with van der Waals surface area (Å²) in [6.07, 6.45) is -3.75. The van der Waals surface area contributed by atoms with E-state index in [-0.39, 0.29) is 15.5 Å². The van der Waals surface area contributed by atoms with Gasteiger partial charge in [0.2, 0.25) is 0 Å². The highest BCUT2D eigenvalue weighted by atomic mass is 35.5. The second kappa shape index (κ2) is 11.7. The predicted octanol–water partition coefficient (Wildman–Crippen LogP) is 3.27. The number of hydrogen-bond acceptors (Lipinski definition) is 10. The number of benzene rings is 1. The van der Waals surface area contributed by atoms with Gasteiger partial charge < -0.3 is 18.9 Å². The summed E-state index contributed by atoms with van der Waals surface area (Å²) in [6, 6.07) is 2.57. The van der Waals surface area contributed by atoms with Crippen LogP contribution < -0.4 is 0 Å². The van der Waals surface area contributed by atoms with Crippen molar-refractivity contribution >= 4 is 41.3 Å². The van der Waals surface area contributed by atoms with Gasteiger partial charge in [-0.15, -0.1) is 0 Å². The van der Waals surface area contributed by atoms with Crippen LogP contribution in [0.15, 0.2) is 22.1 Å². The number of thioether (sulfide) groups is 1. The molecule has 0 aromatic heterocycles. The van der Waals surface area contributed by atoms with Gasteiger partial charge >= 0.3 is 17.9 Å². The molecule has 176 valence electrons. The fourth-order valence-corrected chi connectivity index (χ4v) is 4.43. The fraction of sp³-hybridized carbons (Fsp3) is 0.474. The van der Waals surface area contributed by atoms with E-state index in [0.717, 1.165) is 38.6 Å². The second-order valence-corrected chi connectivity index (χ2v) is 8.23. The Hall–Kier alpha value is -3.04. The molecule has 0 amide bonds. The van der Waals surface area contributed by atoms with Gasteiger partial charge in [-0.3, -0.25) is 14.4 Å². The lowest BCUT2D eigenvalue weighted by Crippen LogP contribution is -2.59. The quantitative estimate of drug-likeness (QED) is 0.180. The number of hydrogen-bond donors (Lipinski definition) is 0. The van der Waals surface area contributed by atoms with Crippen LogP contribution in [0, 0.1) is 17.1 Å². The molecular formula is C19H18ClFN4O7S. The number of nitriles is 1. The molecule has 1 aromatic carbocycles. The Morgan fingerprint density at radius 2 is 1.88 bits per heavy atom. The molecular weight excluding hydrogens is 483 g/mol. The molecule has 3 unspecified atom stereocenters. The topological polar surface area (TPSA) is 161 Å². The van der Waals surface area contributed by atoms with E-state index in [1.807, 2.05) is 0 Å². The molecule has 33 heavy (non-hydrogen) atoms. The molecule has 1 saturated heterocycles. The summed E-state index contributed by atoms with van der Waals surface area (Å²) in [6.45, 7) is 2.95. The van der Waals surface area contributed by atoms with Gasteiger partial charge in [-0.25, -0.2) is 4.39 Å². The molecule has 0 radical (unpaired) electrons. The molecule has 1 aliphatic rings. The summed E-state index contributed by atoms with van der Waals surface area (Å²) >= 11 is 6.73. The summed E-state index contributed by atoms with van der Waals surface area (Å²) in [5.41, 5.74) is 7.79. The molecule has 2 rings (SSSR count). The van der Waals surface area contributed by atoms with E-state index >= 15 is 0 Å². The van der Waals surface area contributed by atoms with Crippen molar-refractivity contribution in [1.82, 2.24) is 0 Å². The summed E-state index contributed by atoms with van der Waals surface area (Å²) in [4.78, 5) is 37.4. The van der Waals surface area contributed by atoms with E-state index in [4.69, 9.17) is 41.3 Å². The van der Waals surface area contributed by atoms with E-state index in [1.165, 1.54) is 6.07 Å². The summed E-state index contributed by atoms with van der Waals surface area (Å²) in [7, 11) is 0. The minimum Gasteiger partial charge on any atom is -0.463 e. The van der Waals surface area contributed by atoms with Gasteiger partial charge in [0.15, 0.2) is 0 Å². The molecule has 11 nitrogen and oxygen atoms in total. The van der Waals surface area contributed by atoms with E-state index in [9.17, 15) is 18.8 Å². The highest BCUT2D eigenvalue weighted by Crippen LogP contribution is 2.39. The molecule has 0 bridgehead atoms. The maximum absolute atomic E-state index is 14.6. The minimum absolute atomic E-state index is 0.0258. The van der Waals surface area contributed by atoms with Crippen molar-refractivity contribution in [2.45, 2.75) is 55.5 Å². The van der Waals surface area contributed by atoms with Crippen molar-refractivity contribution < 1.29 is 37.7 Å². The van der Waals surface area contributed by atoms with Crippen molar-refractivity contribution in [3.63, 3.8) is 0 Å². The number of nitrogens with zero attached hydrogens (tertiary/aromatic N) is 4. The highest BCUT2D eigenvalue weighted by Gasteiger charge is 2.50. The number of rotatable bonds is 7. The molecule has 1 aromatic rings. The largest absolute Gasteiger partial charge is 0.463 e. The molecule has 1 aliphatic heterocycles. The van der Waals surface area contributed by atoms with Crippen LogP contribution in [0.2, 0.25) is 5.02 Å². The summed E-state index contributed by atoms with van der Waals surface area (Å²) in [5, 5.41) is 12.6. The van der Waals surface area contributed by atoms with Gasteiger partial charge in [-0.2, -0.15) is 5.26 Å². The van der Waals surface area contributed by atoms with Crippen LogP contribution in [0.1, 0.15) is 26.3 Å². The third-order valence-corrected chi connectivity index (χ3v) is 5.73. The van der Waals surface area contributed by atoms with Gasteiger partial charge in [0.05, 0.1) is 10.6 Å². The van der Waals surface area contributed by atoms with Crippen LogP contribution in [-0.2, 0) is 33.3 Å². The Morgan fingerprint density at radius 3 is 2.42 bits per heavy atom. The van der Waals surface area contributed by atoms with Crippen molar-refractivity contribution in [3.8, 4) is 6.07 Å². The normalized spacial score (nSPS) is 24.1. The Labute approximate surface area is 196 Å². The van der Waals surface area contributed by atoms with Crippen LogP contribution in [-0.4, -0.2) is 54.3 Å². The SMILES string of the molecule is CC(=O)OCC1O[C@H](Sc2cc(Cl)c(C#N)cc2F)C(OC(C)=O)C(N=[N+]=[N-])[C@H]1OC(C)=O. The zero-order valence-corrected chi connectivity index (χ0v) is 19.1. The maximum Gasteiger partial charge on any atom is 0.303 e. The molecule has 0 aliphatic carbocycles. The fourth-order valence-electron chi connectivity index (χ4n) is 3.00. The van der Waals surface area contributed by atoms with Gasteiger partial charge in [-0.1, -0.05) is 28.5 Å². The third kappa shape index (κ3) is 6.97. The zero-order valence-electron chi connectivity index (χ0n) is 17.6. The first-order chi connectivity index (χ1) is 15.6. The second-order valence-electron chi connectivity index (χ2n) is 6.68. The molecule has 0 spiro atoms. The number of esters is 3. The molecule has 0 saturated carbocycles. The standard InChI is InChI=1S/C19H18ClFN4O7S/c1-8(26)29-7-14-17(30-9(2)27)16(24-25-23)18(31-10(3)28)19(32-14)33-15-5-12(20)11(6-22)4-13(15)21/h4-5,14,16-19H,7H2,1-3H3/t14?,16?,17-,18?,19+/m0/s1. The number of azide groups is 1. The average Bonchev–Trinajstić information content (AvgIpc) is 2.72. The smallest absolute Gasteiger partial charge is 0.303 e. The monoisotopic (exact) mass is 500 g/mol. The summed E-state index contributed by atoms with van der Waals surface area (Å²) in [5.74, 6) is -2.99. The third-order valence-electron chi connectivity index (χ3n) is 4.24. The predicted molar refractivity (Wildman–Crippen MR) is 111 cm³/mol. The van der Waals surface area contributed by atoms with E-state index in [1.54, 1.807) is 6.07 Å². The summed E-state index contributed by atoms with van der Waals surface area (Å²) < 4.78 is 35.9. The Kier molecular flexibility index (Phi) is 9.31. The average molecular weight is 501 g/mol. The number of carbonyl (C=O) groups is 3. The van der Waals surface area contributed by atoms with Crippen molar-refractivity contribution in [1.29, 1.82) is 5.26 Å². The number of carbonyl (C=O) groups excluding carboxylic acids is 3. The number of halogens is 2. The van der Waals surface area contributed by atoms with E-state index < -0.39 is 60.1 Å². The molecule has 1 heterocycles. The maximum atomic E-state index is 14.6. The van der Waals surface area contributed by atoms with Crippen LogP contribution in [0.5, 0.6) is 0 Å². The Morgan fingerprint density at radius 1 is 1.24 bits per heavy atom. The van der Waals surface area contributed by atoms with Crippen molar-refractivity contribution in [2.24, 2.45) is 5.11 Å². The minimum atomic E-state index is -1.32. The van der Waals surface area contributed by atoms with Crippen molar-refractivity contribution in [2.75, 3.05) is 6.61 Å². The van der Waals surface area contributed by atoms with Crippen LogP contribution in [0.4, 0.5) is 4.39 Å². The van der Waals surface area contributed by atoms with Gasteiger partial charge in [0, 0.05) is 30.6 Å². The molecule has 5 atom stereocenters. The lowest BCUT2D eigenvalue weighted by Gasteiger charge is -2.43. The first-order valence-corrected chi connectivity index (χ1v) is 10.6. The highest BCUT2D eigenvalue weighted by molar-refractivity contribution is 7.99. The van der Waals surface area contributed by atoms with Gasteiger partial charge in [-0.05, 0) is 17.7 Å². The zero-order chi connectivity index (χ0) is 24.7.